The van der Waals surface area contributed by atoms with Crippen molar-refractivity contribution in [1.82, 2.24) is 0 Å². The van der Waals surface area contributed by atoms with E-state index < -0.39 is 91.1 Å². The van der Waals surface area contributed by atoms with Gasteiger partial charge in [0.05, 0.1) is 26.4 Å². The Morgan fingerprint density at radius 1 is 0.472 bits per heavy atom. The maximum atomic E-state index is 11.2. The largest absolute Gasteiger partial charge is 0.397 e. The van der Waals surface area contributed by atoms with Crippen LogP contribution in [0.25, 0.3) is 0 Å². The van der Waals surface area contributed by atoms with Crippen LogP contribution in [0, 0.1) is 47.3 Å². The van der Waals surface area contributed by atoms with Crippen molar-refractivity contribution in [2.75, 3.05) is 39.6 Å². The lowest BCUT2D eigenvalue weighted by Crippen LogP contribution is -2.64. The number of ether oxygens (including phenoxy) is 6. The summed E-state index contributed by atoms with van der Waals surface area (Å²) in [5, 5.41) is 63.9. The van der Waals surface area contributed by atoms with Crippen LogP contribution < -0.4 is 0 Å². The second kappa shape index (κ2) is 37.2. The van der Waals surface area contributed by atoms with E-state index >= 15 is 0 Å². The van der Waals surface area contributed by atoms with Crippen LogP contribution in [0.3, 0.4) is 0 Å². The third kappa shape index (κ3) is 29.2. The fourth-order valence-corrected chi connectivity index (χ4v) is 10.3. The Bertz CT molecular complexity index is 1440. The summed E-state index contributed by atoms with van der Waals surface area (Å²) in [6, 6.07) is 0. The van der Waals surface area contributed by atoms with E-state index in [-0.39, 0.29) is 13.2 Å². The fraction of sp³-hybridized carbons (Fsp3) is 1.00. The molecule has 0 spiro atoms. The first-order valence-corrected chi connectivity index (χ1v) is 29.8. The highest BCUT2D eigenvalue weighted by atomic mass is 32.3. The van der Waals surface area contributed by atoms with Gasteiger partial charge in [0.2, 0.25) is 0 Å². The Kier molecular flexibility index (Phi) is 34.9. The molecule has 0 aromatic carbocycles. The SMILES string of the molecule is CC(C)CCC[C@@H](C)CCC[C@@H](C)CCC[C@@H](C)CCOC[C@H](CO[C@H]1O[C@H](CO)[C@@H](O)C(O)C1O[C@H]1O[C@H](COS(=O)(=O)O)[C@@H](O)C(O)C1O)OCC[C@H](C)CCC[C@H](C)CCC[C@H](C)CCCC(C)C. The number of aliphatic hydroxyl groups excluding tert-OH is 6. The number of rotatable bonds is 42. The molecule has 0 aromatic rings. The molecule has 0 amide bonds. The van der Waals surface area contributed by atoms with Gasteiger partial charge in [-0.1, -0.05) is 185 Å². The molecule has 4 unspecified atom stereocenters. The van der Waals surface area contributed by atoms with Gasteiger partial charge in [-0.25, -0.2) is 4.18 Å². The summed E-state index contributed by atoms with van der Waals surface area (Å²) in [7, 11) is -4.96. The molecule has 2 rings (SSSR count). The molecule has 430 valence electrons. The van der Waals surface area contributed by atoms with Crippen molar-refractivity contribution in [3.8, 4) is 0 Å². The molecule has 72 heavy (non-hydrogen) atoms. The summed E-state index contributed by atoms with van der Waals surface area (Å²) in [4.78, 5) is 0. The van der Waals surface area contributed by atoms with E-state index in [4.69, 9.17) is 33.0 Å². The monoisotopic (exact) mass is 1060 g/mol. The van der Waals surface area contributed by atoms with Gasteiger partial charge < -0.3 is 59.1 Å². The second-order valence-corrected chi connectivity index (χ2v) is 24.6. The van der Waals surface area contributed by atoms with Gasteiger partial charge in [0, 0.05) is 13.2 Å². The predicted octanol–water partition coefficient (Wildman–Crippen LogP) is 8.79. The molecule has 7 N–H and O–H groups in total. The molecule has 17 atom stereocenters. The molecule has 2 saturated heterocycles. The quantitative estimate of drug-likeness (QED) is 0.0223. The lowest BCUT2D eigenvalue weighted by atomic mass is 9.91. The highest BCUT2D eigenvalue weighted by Crippen LogP contribution is 2.31. The zero-order valence-electron chi connectivity index (χ0n) is 46.6. The summed E-state index contributed by atoms with van der Waals surface area (Å²) in [6.07, 6.45) is 6.83. The third-order valence-electron chi connectivity index (χ3n) is 15.2. The molecule has 2 fully saturated rings. The summed E-state index contributed by atoms with van der Waals surface area (Å²) in [5.74, 6) is 5.46. The Labute approximate surface area is 437 Å². The van der Waals surface area contributed by atoms with E-state index in [1.54, 1.807) is 0 Å². The summed E-state index contributed by atoms with van der Waals surface area (Å²) in [5.41, 5.74) is 0. The summed E-state index contributed by atoms with van der Waals surface area (Å²) >= 11 is 0. The lowest BCUT2D eigenvalue weighted by Gasteiger charge is -2.46. The van der Waals surface area contributed by atoms with Crippen LogP contribution in [0.1, 0.15) is 198 Å². The smallest absolute Gasteiger partial charge is 0.394 e. The second-order valence-electron chi connectivity index (χ2n) is 23.5. The highest BCUT2D eigenvalue weighted by Gasteiger charge is 2.51. The average Bonchev–Trinajstić information content (AvgIpc) is 3.30. The van der Waals surface area contributed by atoms with Crippen molar-refractivity contribution >= 4 is 10.4 Å². The first-order chi connectivity index (χ1) is 34.0. The van der Waals surface area contributed by atoms with E-state index in [0.29, 0.717) is 36.9 Å². The van der Waals surface area contributed by atoms with E-state index in [9.17, 15) is 39.1 Å². The minimum absolute atomic E-state index is 0.113. The standard InChI is InChI=1S/C55H108O16S/c1-37(2)17-11-19-39(5)21-13-23-41(7)25-15-27-43(9)29-31-65-34-45(66-32-30-44(10)28-16-26-42(8)24-14-22-40(6)20-12-18-38(3)4)35-67-55-53(51(60)48(57)46(33-56)69-55)71-54-52(61)50(59)49(58)47(70-54)36-68-72(62,63)64/h37-61H,11-36H2,1-10H3,(H,62,63,64)/t39-,40-,41-,42-,43-,44-,45-,46-,47-,48-,49-,50?,51?,52?,53?,54-,55+/m1/s1. The van der Waals surface area contributed by atoms with Gasteiger partial charge >= 0.3 is 10.4 Å². The molecule has 2 heterocycles. The van der Waals surface area contributed by atoms with Crippen molar-refractivity contribution in [2.24, 2.45) is 47.3 Å². The van der Waals surface area contributed by atoms with Crippen molar-refractivity contribution < 1.29 is 76.2 Å². The number of hydrogen-bond donors (Lipinski definition) is 7. The van der Waals surface area contributed by atoms with Gasteiger partial charge in [0.25, 0.3) is 0 Å². The van der Waals surface area contributed by atoms with Gasteiger partial charge in [-0.2, -0.15) is 8.42 Å². The van der Waals surface area contributed by atoms with Crippen LogP contribution in [0.5, 0.6) is 0 Å². The maximum Gasteiger partial charge on any atom is 0.397 e. The zero-order chi connectivity index (χ0) is 53.8. The minimum Gasteiger partial charge on any atom is -0.394 e. The van der Waals surface area contributed by atoms with Gasteiger partial charge in [-0.05, 0) is 60.2 Å². The fourth-order valence-electron chi connectivity index (χ4n) is 9.97. The van der Waals surface area contributed by atoms with Crippen molar-refractivity contribution in [3.63, 3.8) is 0 Å². The van der Waals surface area contributed by atoms with Crippen molar-refractivity contribution in [2.45, 2.75) is 265 Å². The van der Waals surface area contributed by atoms with Crippen LogP contribution in [0.2, 0.25) is 0 Å². The van der Waals surface area contributed by atoms with E-state index in [2.05, 4.69) is 73.4 Å². The highest BCUT2D eigenvalue weighted by molar-refractivity contribution is 7.80. The topological polar surface area (TPSA) is 240 Å². The molecule has 2 aliphatic rings. The molecule has 2 aliphatic heterocycles. The summed E-state index contributed by atoms with van der Waals surface area (Å²) in [6.45, 7) is 22.6. The van der Waals surface area contributed by atoms with Crippen LogP contribution in [0.4, 0.5) is 0 Å². The first kappa shape index (κ1) is 67.5. The van der Waals surface area contributed by atoms with Gasteiger partial charge in [0.1, 0.15) is 54.9 Å². The molecule has 16 nitrogen and oxygen atoms in total. The van der Waals surface area contributed by atoms with Crippen LogP contribution in [-0.2, 0) is 43.0 Å². The molecule has 0 bridgehead atoms. The van der Waals surface area contributed by atoms with Gasteiger partial charge in [0.15, 0.2) is 12.6 Å². The van der Waals surface area contributed by atoms with E-state index in [1.165, 1.54) is 96.3 Å². The number of aliphatic hydroxyl groups is 6. The average molecular weight is 1060 g/mol. The van der Waals surface area contributed by atoms with Gasteiger partial charge in [-0.3, -0.25) is 4.55 Å². The molecule has 0 saturated carbocycles. The number of hydrogen-bond acceptors (Lipinski definition) is 15. The predicted molar refractivity (Wildman–Crippen MR) is 280 cm³/mol. The van der Waals surface area contributed by atoms with Crippen LogP contribution >= 0.6 is 0 Å². The van der Waals surface area contributed by atoms with Crippen molar-refractivity contribution in [1.29, 1.82) is 0 Å². The molecular formula is C55H108O16S. The summed E-state index contributed by atoms with van der Waals surface area (Å²) < 4.78 is 71.9. The molecule has 0 aromatic heterocycles. The molecular weight excluding hydrogens is 949 g/mol. The maximum absolute atomic E-state index is 11.2. The minimum atomic E-state index is -4.96. The molecule has 17 heteroatoms. The molecule has 0 aliphatic carbocycles. The van der Waals surface area contributed by atoms with Gasteiger partial charge in [-0.15, -0.1) is 0 Å². The Balaban J connectivity index is 2.00. The zero-order valence-corrected chi connectivity index (χ0v) is 47.4. The van der Waals surface area contributed by atoms with E-state index in [0.717, 1.165) is 55.8 Å². The first-order valence-electron chi connectivity index (χ1n) is 28.4. The molecule has 0 radical (unpaired) electrons. The van der Waals surface area contributed by atoms with E-state index in [1.807, 2.05) is 0 Å². The van der Waals surface area contributed by atoms with Crippen molar-refractivity contribution in [3.05, 3.63) is 0 Å². The lowest BCUT2D eigenvalue weighted by molar-refractivity contribution is -0.368. The Morgan fingerprint density at radius 3 is 1.31 bits per heavy atom. The van der Waals surface area contributed by atoms with Crippen LogP contribution in [0.15, 0.2) is 0 Å². The Morgan fingerprint density at radius 2 is 0.875 bits per heavy atom. The normalized spacial score (nSPS) is 28.3. The van der Waals surface area contributed by atoms with Crippen LogP contribution in [-0.4, -0.2) is 151 Å². The Hall–Kier alpha value is -0.610. The third-order valence-corrected chi connectivity index (χ3v) is 15.6.